The Morgan fingerprint density at radius 2 is 1.88 bits per heavy atom. The first-order valence-electron chi connectivity index (χ1n) is 8.38. The van der Waals surface area contributed by atoms with Gasteiger partial charge in [-0.3, -0.25) is 4.79 Å². The van der Waals surface area contributed by atoms with E-state index in [9.17, 15) is 13.2 Å². The molecule has 1 aliphatic rings. The van der Waals surface area contributed by atoms with Crippen LogP contribution in [0.3, 0.4) is 0 Å². The van der Waals surface area contributed by atoms with Crippen molar-refractivity contribution in [2.75, 3.05) is 20.2 Å². The van der Waals surface area contributed by atoms with Gasteiger partial charge in [0.05, 0.1) is 12.0 Å². The van der Waals surface area contributed by atoms with Crippen molar-refractivity contribution in [3.05, 3.63) is 53.7 Å². The zero-order valence-corrected chi connectivity index (χ0v) is 15.3. The molecule has 1 aliphatic heterocycles. The third kappa shape index (κ3) is 3.86. The van der Waals surface area contributed by atoms with Crippen LogP contribution in [0.25, 0.3) is 0 Å². The molecule has 138 valence electrons. The van der Waals surface area contributed by atoms with Gasteiger partial charge in [-0.1, -0.05) is 6.07 Å². The Morgan fingerprint density at radius 1 is 1.19 bits per heavy atom. The van der Waals surface area contributed by atoms with Crippen molar-refractivity contribution in [1.82, 2.24) is 14.6 Å². The largest absolute Gasteiger partial charge is 0.481 e. The first-order valence-corrected chi connectivity index (χ1v) is 9.82. The highest BCUT2D eigenvalue weighted by atomic mass is 32.2. The van der Waals surface area contributed by atoms with Crippen LogP contribution in [0, 0.1) is 0 Å². The third-order valence-electron chi connectivity index (χ3n) is 4.30. The van der Waals surface area contributed by atoms with Crippen molar-refractivity contribution >= 4 is 15.9 Å². The van der Waals surface area contributed by atoms with Crippen LogP contribution in [0.5, 0.6) is 5.88 Å². The number of nitrogens with zero attached hydrogens (tertiary/aromatic N) is 2. The van der Waals surface area contributed by atoms with E-state index >= 15 is 0 Å². The average Bonchev–Trinajstić information content (AvgIpc) is 3.22. The van der Waals surface area contributed by atoms with Gasteiger partial charge in [-0.2, -0.15) is 4.31 Å². The van der Waals surface area contributed by atoms with E-state index in [1.165, 1.54) is 35.7 Å². The highest BCUT2D eigenvalue weighted by molar-refractivity contribution is 7.89. The van der Waals surface area contributed by atoms with Gasteiger partial charge in [0.1, 0.15) is 0 Å². The minimum absolute atomic E-state index is 0.213. The Kier molecular flexibility index (Phi) is 5.53. The summed E-state index contributed by atoms with van der Waals surface area (Å²) in [5.41, 5.74) is 1.16. The number of ether oxygens (including phenoxy) is 1. The molecule has 26 heavy (non-hydrogen) atoms. The van der Waals surface area contributed by atoms with E-state index in [-0.39, 0.29) is 17.3 Å². The van der Waals surface area contributed by atoms with Crippen molar-refractivity contribution in [3.8, 4) is 5.88 Å². The monoisotopic (exact) mass is 375 g/mol. The van der Waals surface area contributed by atoms with Gasteiger partial charge in [0.2, 0.25) is 15.9 Å². The summed E-state index contributed by atoms with van der Waals surface area (Å²) in [5.74, 6) is 0.167. The molecule has 0 unspecified atom stereocenters. The molecule has 0 saturated carbocycles. The van der Waals surface area contributed by atoms with E-state index < -0.39 is 10.0 Å². The summed E-state index contributed by atoms with van der Waals surface area (Å²) in [6, 6.07) is 9.60. The highest BCUT2D eigenvalue weighted by Gasteiger charge is 2.27. The summed E-state index contributed by atoms with van der Waals surface area (Å²) >= 11 is 0. The molecule has 3 rings (SSSR count). The Hall–Kier alpha value is -2.45. The molecular weight excluding hydrogens is 354 g/mol. The van der Waals surface area contributed by atoms with E-state index in [1.54, 1.807) is 12.3 Å². The summed E-state index contributed by atoms with van der Waals surface area (Å²) < 4.78 is 31.6. The zero-order valence-electron chi connectivity index (χ0n) is 14.5. The van der Waals surface area contributed by atoms with Crippen LogP contribution in [-0.2, 0) is 16.6 Å². The number of carbonyl (C=O) groups is 1. The smallest absolute Gasteiger partial charge is 0.251 e. The lowest BCUT2D eigenvalue weighted by Crippen LogP contribution is -2.28. The van der Waals surface area contributed by atoms with Gasteiger partial charge in [0.25, 0.3) is 5.91 Å². The van der Waals surface area contributed by atoms with Gasteiger partial charge in [-0.15, -0.1) is 0 Å². The van der Waals surface area contributed by atoms with Gasteiger partial charge >= 0.3 is 0 Å². The molecule has 1 aromatic heterocycles. The number of rotatable bonds is 6. The van der Waals surface area contributed by atoms with E-state index in [4.69, 9.17) is 4.74 Å². The number of benzene rings is 1. The lowest BCUT2D eigenvalue weighted by molar-refractivity contribution is 0.0950. The molecule has 0 spiro atoms. The maximum Gasteiger partial charge on any atom is 0.251 e. The second-order valence-electron chi connectivity index (χ2n) is 5.99. The molecule has 1 amide bonds. The number of hydrogen-bond donors (Lipinski definition) is 1. The Labute approximate surface area is 153 Å². The van der Waals surface area contributed by atoms with Crippen molar-refractivity contribution in [2.45, 2.75) is 24.3 Å². The van der Waals surface area contributed by atoms with Crippen LogP contribution in [0.2, 0.25) is 0 Å². The van der Waals surface area contributed by atoms with Crippen LogP contribution in [0.1, 0.15) is 28.8 Å². The van der Waals surface area contributed by atoms with Crippen molar-refractivity contribution in [2.24, 2.45) is 0 Å². The molecule has 0 radical (unpaired) electrons. The first-order chi connectivity index (χ1) is 12.5. The fraction of sp³-hybridized carbons (Fsp3) is 0.333. The molecule has 0 atom stereocenters. The Morgan fingerprint density at radius 3 is 2.54 bits per heavy atom. The van der Waals surface area contributed by atoms with Crippen molar-refractivity contribution in [3.63, 3.8) is 0 Å². The quantitative estimate of drug-likeness (QED) is 0.832. The van der Waals surface area contributed by atoms with Crippen molar-refractivity contribution < 1.29 is 17.9 Å². The van der Waals surface area contributed by atoms with E-state index in [2.05, 4.69) is 10.3 Å². The van der Waals surface area contributed by atoms with Crippen molar-refractivity contribution in [1.29, 1.82) is 0 Å². The molecule has 1 saturated heterocycles. The highest BCUT2D eigenvalue weighted by Crippen LogP contribution is 2.21. The minimum atomic E-state index is -3.47. The topological polar surface area (TPSA) is 88.6 Å². The lowest BCUT2D eigenvalue weighted by Gasteiger charge is -2.15. The fourth-order valence-electron chi connectivity index (χ4n) is 2.88. The SMILES string of the molecule is COc1ncccc1CNC(=O)c1ccc(S(=O)(=O)N2CCCC2)cc1. The Balaban J connectivity index is 1.67. The summed E-state index contributed by atoms with van der Waals surface area (Å²) in [6.07, 6.45) is 3.39. The first kappa shape index (κ1) is 18.3. The molecule has 7 nitrogen and oxygen atoms in total. The van der Waals surface area contributed by atoms with E-state index in [1.807, 2.05) is 6.07 Å². The molecule has 0 bridgehead atoms. The predicted octanol–water partition coefficient (Wildman–Crippen LogP) is 1.80. The maximum absolute atomic E-state index is 12.5. The number of carbonyl (C=O) groups excluding carboxylic acids is 1. The van der Waals surface area contributed by atoms with Gasteiger partial charge in [0, 0.05) is 37.0 Å². The standard InChI is InChI=1S/C18H21N3O4S/c1-25-18-15(5-4-10-19-18)13-20-17(22)14-6-8-16(9-7-14)26(23,24)21-11-2-3-12-21/h4-10H,2-3,11-13H2,1H3,(H,20,22). The zero-order chi connectivity index (χ0) is 18.6. The number of methoxy groups -OCH3 is 1. The number of hydrogen-bond acceptors (Lipinski definition) is 5. The second kappa shape index (κ2) is 7.84. The Bertz CT molecular complexity index is 876. The predicted molar refractivity (Wildman–Crippen MR) is 96.4 cm³/mol. The fourth-order valence-corrected chi connectivity index (χ4v) is 4.39. The molecule has 1 aromatic carbocycles. The average molecular weight is 375 g/mol. The maximum atomic E-state index is 12.5. The van der Waals surface area contributed by atoms with Crippen LogP contribution in [-0.4, -0.2) is 43.8 Å². The number of amides is 1. The van der Waals surface area contributed by atoms with Crippen LogP contribution in [0.15, 0.2) is 47.5 Å². The van der Waals surface area contributed by atoms with Gasteiger partial charge < -0.3 is 10.1 Å². The number of nitrogens with one attached hydrogen (secondary N) is 1. The van der Waals surface area contributed by atoms with Crippen LogP contribution >= 0.6 is 0 Å². The third-order valence-corrected chi connectivity index (χ3v) is 6.21. The molecule has 0 aliphatic carbocycles. The summed E-state index contributed by atoms with van der Waals surface area (Å²) in [4.78, 5) is 16.6. The van der Waals surface area contributed by atoms with E-state index in [0.717, 1.165) is 18.4 Å². The number of aromatic nitrogens is 1. The molecular formula is C18H21N3O4S. The normalized spacial score (nSPS) is 15.0. The van der Waals surface area contributed by atoms with Crippen LogP contribution < -0.4 is 10.1 Å². The lowest BCUT2D eigenvalue weighted by atomic mass is 10.2. The molecule has 8 heteroatoms. The van der Waals surface area contributed by atoms with Gasteiger partial charge in [-0.25, -0.2) is 13.4 Å². The van der Waals surface area contributed by atoms with Gasteiger partial charge in [-0.05, 0) is 43.2 Å². The molecule has 1 N–H and O–H groups in total. The second-order valence-corrected chi connectivity index (χ2v) is 7.93. The molecule has 2 heterocycles. The van der Waals surface area contributed by atoms with Gasteiger partial charge in [0.15, 0.2) is 0 Å². The van der Waals surface area contributed by atoms with E-state index in [0.29, 0.717) is 24.5 Å². The molecule has 1 fully saturated rings. The summed E-state index contributed by atoms with van der Waals surface area (Å²) in [5, 5.41) is 2.78. The number of sulfonamides is 1. The summed E-state index contributed by atoms with van der Waals surface area (Å²) in [6.45, 7) is 1.37. The van der Waals surface area contributed by atoms with Crippen LogP contribution in [0.4, 0.5) is 0 Å². The minimum Gasteiger partial charge on any atom is -0.481 e. The summed E-state index contributed by atoms with van der Waals surface area (Å²) in [7, 11) is -1.95. The molecule has 2 aromatic rings. The number of pyridine rings is 1.